The molecule has 0 unspecified atom stereocenters. The minimum atomic E-state index is -3.86. The molecule has 3 N–H and O–H groups in total. The molecule has 1 rings (SSSR count). The summed E-state index contributed by atoms with van der Waals surface area (Å²) in [4.78, 5) is 12.1. The molecule has 0 radical (unpaired) electrons. The van der Waals surface area contributed by atoms with Gasteiger partial charge < -0.3 is 10.1 Å². The third kappa shape index (κ3) is 4.71. The lowest BCUT2D eigenvalue weighted by Gasteiger charge is -2.15. The van der Waals surface area contributed by atoms with E-state index in [1.807, 2.05) is 0 Å². The van der Waals surface area contributed by atoms with E-state index in [1.54, 1.807) is 0 Å². The molecule has 1 aromatic rings. The van der Waals surface area contributed by atoms with E-state index in [1.165, 1.54) is 25.3 Å². The molecule has 0 atom stereocenters. The number of amides is 1. The van der Waals surface area contributed by atoms with Crippen LogP contribution in [-0.2, 0) is 10.0 Å². The first kappa shape index (κ1) is 17.5. The van der Waals surface area contributed by atoms with Crippen LogP contribution in [-0.4, -0.2) is 28.0 Å². The van der Waals surface area contributed by atoms with Gasteiger partial charge in [-0.15, -0.1) is 0 Å². The van der Waals surface area contributed by atoms with Crippen LogP contribution < -0.4 is 15.2 Å². The third-order valence-corrected chi connectivity index (χ3v) is 4.36. The highest BCUT2D eigenvalue weighted by atomic mass is 32.2. The van der Waals surface area contributed by atoms with Crippen molar-refractivity contribution >= 4 is 15.9 Å². The van der Waals surface area contributed by atoms with Crippen molar-refractivity contribution in [2.45, 2.75) is 31.6 Å². The van der Waals surface area contributed by atoms with E-state index in [0.29, 0.717) is 18.2 Å². The minimum Gasteiger partial charge on any atom is -0.496 e. The Morgan fingerprint density at radius 3 is 2.43 bits per heavy atom. The predicted octanol–water partition coefficient (Wildman–Crippen LogP) is 1.51. The van der Waals surface area contributed by atoms with Crippen molar-refractivity contribution in [1.29, 1.82) is 0 Å². The van der Waals surface area contributed by atoms with Gasteiger partial charge in [-0.3, -0.25) is 4.79 Å². The second kappa shape index (κ2) is 7.42. The van der Waals surface area contributed by atoms with Crippen LogP contribution in [0.25, 0.3) is 0 Å². The highest BCUT2D eigenvalue weighted by Crippen LogP contribution is 2.22. The van der Waals surface area contributed by atoms with E-state index in [-0.39, 0.29) is 16.4 Å². The number of carbonyl (C=O) groups is 1. The number of hydrogen-bond donors (Lipinski definition) is 2. The third-order valence-electron chi connectivity index (χ3n) is 3.45. The first-order valence-corrected chi connectivity index (χ1v) is 8.37. The first-order chi connectivity index (χ1) is 9.83. The van der Waals surface area contributed by atoms with Gasteiger partial charge in [-0.05, 0) is 24.1 Å². The summed E-state index contributed by atoms with van der Waals surface area (Å²) >= 11 is 0. The monoisotopic (exact) mass is 314 g/mol. The number of nitrogens with one attached hydrogen (secondary N) is 1. The Kier molecular flexibility index (Phi) is 6.17. The van der Waals surface area contributed by atoms with Crippen LogP contribution in [0.4, 0.5) is 0 Å². The van der Waals surface area contributed by atoms with E-state index in [9.17, 15) is 13.2 Å². The fourth-order valence-electron chi connectivity index (χ4n) is 1.95. The number of ether oxygens (including phenoxy) is 1. The molecular weight excluding hydrogens is 292 g/mol. The van der Waals surface area contributed by atoms with E-state index in [4.69, 9.17) is 9.88 Å². The second-order valence-corrected chi connectivity index (χ2v) is 6.36. The van der Waals surface area contributed by atoms with Gasteiger partial charge in [-0.2, -0.15) is 0 Å². The topological polar surface area (TPSA) is 98.5 Å². The zero-order chi connectivity index (χ0) is 16.0. The maximum atomic E-state index is 12.2. The summed E-state index contributed by atoms with van der Waals surface area (Å²) in [7, 11) is -2.44. The SMILES string of the molecule is CCC(CC)CNC(=O)c1cc(S(N)(=O)=O)ccc1OC. The molecule has 0 fully saturated rings. The average molecular weight is 314 g/mol. The molecule has 7 heteroatoms. The number of primary sulfonamides is 1. The summed E-state index contributed by atoms with van der Waals surface area (Å²) < 4.78 is 27.8. The van der Waals surface area contributed by atoms with Gasteiger partial charge in [0.25, 0.3) is 5.91 Å². The lowest BCUT2D eigenvalue weighted by Crippen LogP contribution is -2.29. The standard InChI is InChI=1S/C14H22N2O4S/c1-4-10(5-2)9-16-14(17)12-8-11(21(15,18)19)6-7-13(12)20-3/h6-8,10H,4-5,9H2,1-3H3,(H,16,17)(H2,15,18,19). The molecule has 0 aliphatic rings. The van der Waals surface area contributed by atoms with Crippen molar-refractivity contribution in [3.63, 3.8) is 0 Å². The Morgan fingerprint density at radius 2 is 1.95 bits per heavy atom. The van der Waals surface area contributed by atoms with Crippen molar-refractivity contribution in [3.8, 4) is 5.75 Å². The second-order valence-electron chi connectivity index (χ2n) is 4.80. The Morgan fingerprint density at radius 1 is 1.33 bits per heavy atom. The summed E-state index contributed by atoms with van der Waals surface area (Å²) in [5.74, 6) is 0.329. The summed E-state index contributed by atoms with van der Waals surface area (Å²) in [5.41, 5.74) is 0.162. The van der Waals surface area contributed by atoms with Gasteiger partial charge in [0, 0.05) is 6.54 Å². The summed E-state index contributed by atoms with van der Waals surface area (Å²) in [5, 5.41) is 7.88. The fourth-order valence-corrected chi connectivity index (χ4v) is 2.49. The number of rotatable bonds is 7. The van der Waals surface area contributed by atoms with Crippen LogP contribution in [0.3, 0.4) is 0 Å². The Hall–Kier alpha value is -1.60. The summed E-state index contributed by atoms with van der Waals surface area (Å²) in [6.07, 6.45) is 1.93. The van der Waals surface area contributed by atoms with E-state index in [0.717, 1.165) is 12.8 Å². The van der Waals surface area contributed by atoms with Gasteiger partial charge >= 0.3 is 0 Å². The van der Waals surface area contributed by atoms with Gasteiger partial charge in [0.15, 0.2) is 0 Å². The molecule has 0 bridgehead atoms. The van der Waals surface area contributed by atoms with Crippen LogP contribution >= 0.6 is 0 Å². The molecule has 0 aliphatic carbocycles. The molecule has 0 aromatic heterocycles. The van der Waals surface area contributed by atoms with Crippen molar-refractivity contribution in [2.24, 2.45) is 11.1 Å². The van der Waals surface area contributed by atoms with Crippen molar-refractivity contribution in [1.82, 2.24) is 5.32 Å². The van der Waals surface area contributed by atoms with Gasteiger partial charge in [0.05, 0.1) is 17.6 Å². The molecular formula is C14H22N2O4S. The smallest absolute Gasteiger partial charge is 0.255 e. The Balaban J connectivity index is 3.01. The number of sulfonamides is 1. The van der Waals surface area contributed by atoms with Crippen molar-refractivity contribution < 1.29 is 17.9 Å². The number of nitrogens with two attached hydrogens (primary N) is 1. The quantitative estimate of drug-likeness (QED) is 0.797. The Labute approximate surface area is 125 Å². The predicted molar refractivity (Wildman–Crippen MR) is 80.8 cm³/mol. The molecule has 0 aliphatic heterocycles. The molecule has 6 nitrogen and oxygen atoms in total. The van der Waals surface area contributed by atoms with Crippen LogP contribution in [0.2, 0.25) is 0 Å². The fraction of sp³-hybridized carbons (Fsp3) is 0.500. The highest BCUT2D eigenvalue weighted by Gasteiger charge is 2.17. The van der Waals surface area contributed by atoms with Gasteiger partial charge in [0.1, 0.15) is 5.75 Å². The van der Waals surface area contributed by atoms with Crippen LogP contribution in [0.1, 0.15) is 37.0 Å². The lowest BCUT2D eigenvalue weighted by molar-refractivity contribution is 0.0943. The number of benzene rings is 1. The van der Waals surface area contributed by atoms with Crippen molar-refractivity contribution in [2.75, 3.05) is 13.7 Å². The molecule has 21 heavy (non-hydrogen) atoms. The van der Waals surface area contributed by atoms with E-state index >= 15 is 0 Å². The largest absolute Gasteiger partial charge is 0.496 e. The zero-order valence-electron chi connectivity index (χ0n) is 12.5. The number of methoxy groups -OCH3 is 1. The summed E-state index contributed by atoms with van der Waals surface area (Å²) in [6, 6.07) is 3.97. The highest BCUT2D eigenvalue weighted by molar-refractivity contribution is 7.89. The Bertz CT molecular complexity index is 595. The maximum Gasteiger partial charge on any atom is 0.255 e. The van der Waals surface area contributed by atoms with Crippen LogP contribution in [0.15, 0.2) is 23.1 Å². The van der Waals surface area contributed by atoms with Crippen molar-refractivity contribution in [3.05, 3.63) is 23.8 Å². The molecule has 1 aromatic carbocycles. The van der Waals surface area contributed by atoms with E-state index < -0.39 is 10.0 Å². The van der Waals surface area contributed by atoms with Gasteiger partial charge in [-0.25, -0.2) is 13.6 Å². The van der Waals surface area contributed by atoms with Crippen LogP contribution in [0.5, 0.6) is 5.75 Å². The normalized spacial score (nSPS) is 11.5. The average Bonchev–Trinajstić information content (AvgIpc) is 2.46. The van der Waals surface area contributed by atoms with Crippen LogP contribution in [0, 0.1) is 5.92 Å². The minimum absolute atomic E-state index is 0.115. The van der Waals surface area contributed by atoms with Gasteiger partial charge in [-0.1, -0.05) is 26.7 Å². The zero-order valence-corrected chi connectivity index (χ0v) is 13.4. The molecule has 0 saturated heterocycles. The molecule has 118 valence electrons. The molecule has 0 spiro atoms. The molecule has 0 heterocycles. The number of carbonyl (C=O) groups excluding carboxylic acids is 1. The lowest BCUT2D eigenvalue weighted by atomic mass is 10.0. The molecule has 1 amide bonds. The first-order valence-electron chi connectivity index (χ1n) is 6.82. The summed E-state index contributed by atoms with van der Waals surface area (Å²) in [6.45, 7) is 4.65. The maximum absolute atomic E-state index is 12.2. The van der Waals surface area contributed by atoms with E-state index in [2.05, 4.69) is 19.2 Å². The number of hydrogen-bond acceptors (Lipinski definition) is 4. The van der Waals surface area contributed by atoms with Gasteiger partial charge in [0.2, 0.25) is 10.0 Å². The molecule has 0 saturated carbocycles.